The van der Waals surface area contributed by atoms with Gasteiger partial charge in [0, 0.05) is 42.7 Å². The first kappa shape index (κ1) is 25.1. The summed E-state index contributed by atoms with van der Waals surface area (Å²) >= 11 is 6.80. The maximum absolute atomic E-state index is 16.6. The molecule has 7 nitrogen and oxygen atoms in total. The Labute approximate surface area is 226 Å². The van der Waals surface area contributed by atoms with Gasteiger partial charge in [-0.15, -0.1) is 0 Å². The molecule has 0 bridgehead atoms. The van der Waals surface area contributed by atoms with Crippen LogP contribution in [0.4, 0.5) is 10.2 Å². The first-order chi connectivity index (χ1) is 18.4. The zero-order valence-corrected chi connectivity index (χ0v) is 22.3. The molecule has 38 heavy (non-hydrogen) atoms. The maximum Gasteiger partial charge on any atom is 0.319 e. The predicted octanol–water partition coefficient (Wildman–Crippen LogP) is 5.22. The van der Waals surface area contributed by atoms with E-state index >= 15 is 4.39 Å². The summed E-state index contributed by atoms with van der Waals surface area (Å²) in [6.07, 6.45) is 2.17. The summed E-state index contributed by atoms with van der Waals surface area (Å²) in [6.45, 7) is 5.89. The summed E-state index contributed by atoms with van der Waals surface area (Å²) in [6, 6.07) is 13.1. The average molecular weight is 536 g/mol. The van der Waals surface area contributed by atoms with E-state index in [9.17, 15) is 5.11 Å². The first-order valence-corrected chi connectivity index (χ1v) is 13.5. The van der Waals surface area contributed by atoms with Crippen LogP contribution in [0.2, 0.25) is 5.02 Å². The molecule has 9 heteroatoms. The van der Waals surface area contributed by atoms with E-state index in [0.29, 0.717) is 23.4 Å². The van der Waals surface area contributed by atoms with Gasteiger partial charge in [-0.1, -0.05) is 35.9 Å². The Morgan fingerprint density at radius 3 is 2.79 bits per heavy atom. The molecule has 2 atom stereocenters. The zero-order valence-electron chi connectivity index (χ0n) is 21.5. The molecular weight excluding hydrogens is 505 g/mol. The Kier molecular flexibility index (Phi) is 6.72. The summed E-state index contributed by atoms with van der Waals surface area (Å²) in [7, 11) is 2.09. The van der Waals surface area contributed by atoms with Gasteiger partial charge in [0.05, 0.1) is 5.02 Å². The molecule has 2 aliphatic heterocycles. The van der Waals surface area contributed by atoms with Crippen molar-refractivity contribution in [1.29, 1.82) is 0 Å². The molecule has 2 aliphatic rings. The number of halogens is 2. The van der Waals surface area contributed by atoms with Crippen LogP contribution in [-0.4, -0.2) is 71.9 Å². The van der Waals surface area contributed by atoms with Crippen LogP contribution < -0.4 is 15.0 Å². The number of rotatable bonds is 5. The minimum Gasteiger partial charge on any atom is -0.508 e. The molecule has 2 saturated heterocycles. The number of phenols is 1. The molecule has 3 heterocycles. The monoisotopic (exact) mass is 535 g/mol. The number of aromatic nitrogens is 2. The van der Waals surface area contributed by atoms with E-state index in [0.717, 1.165) is 49.8 Å². The van der Waals surface area contributed by atoms with Gasteiger partial charge in [-0.2, -0.15) is 9.97 Å². The number of nitrogens with zero attached hydrogens (tertiary/aromatic N) is 4. The summed E-state index contributed by atoms with van der Waals surface area (Å²) in [5.41, 5.74) is 0.865. The highest BCUT2D eigenvalue weighted by Crippen LogP contribution is 2.42. The lowest BCUT2D eigenvalue weighted by Gasteiger charge is -2.35. The number of fused-ring (bicyclic) bond motifs is 2. The second-order valence-electron chi connectivity index (χ2n) is 10.3. The lowest BCUT2D eigenvalue weighted by Crippen LogP contribution is -2.50. The fourth-order valence-corrected chi connectivity index (χ4v) is 6.00. The number of likely N-dealkylation sites (N-methyl/N-ethyl adjacent to an activating group) is 1. The molecule has 3 aromatic carbocycles. The van der Waals surface area contributed by atoms with Crippen molar-refractivity contribution in [2.24, 2.45) is 0 Å². The van der Waals surface area contributed by atoms with Gasteiger partial charge in [0.25, 0.3) is 0 Å². The summed E-state index contributed by atoms with van der Waals surface area (Å²) in [5.74, 6) is 0.0985. The van der Waals surface area contributed by atoms with E-state index in [1.165, 1.54) is 0 Å². The number of nitrogens with one attached hydrogen (secondary N) is 1. The zero-order chi connectivity index (χ0) is 26.4. The van der Waals surface area contributed by atoms with E-state index in [1.807, 2.05) is 24.3 Å². The largest absolute Gasteiger partial charge is 0.508 e. The van der Waals surface area contributed by atoms with E-state index in [2.05, 4.69) is 34.1 Å². The van der Waals surface area contributed by atoms with Crippen LogP contribution in [-0.2, 0) is 0 Å². The van der Waals surface area contributed by atoms with Crippen LogP contribution >= 0.6 is 11.6 Å². The van der Waals surface area contributed by atoms with Crippen LogP contribution in [0.25, 0.3) is 32.8 Å². The van der Waals surface area contributed by atoms with Crippen molar-refractivity contribution in [1.82, 2.24) is 20.2 Å². The summed E-state index contributed by atoms with van der Waals surface area (Å²) in [5, 5.41) is 16.2. The van der Waals surface area contributed by atoms with E-state index < -0.39 is 5.82 Å². The smallest absolute Gasteiger partial charge is 0.319 e. The topological polar surface area (TPSA) is 73.8 Å². The van der Waals surface area contributed by atoms with Crippen molar-refractivity contribution in [3.8, 4) is 22.9 Å². The van der Waals surface area contributed by atoms with Gasteiger partial charge in [0.15, 0.2) is 5.82 Å². The Bertz CT molecular complexity index is 1520. The molecule has 0 spiro atoms. The molecule has 0 saturated carbocycles. The number of aromatic hydroxyl groups is 1. The Morgan fingerprint density at radius 1 is 1.16 bits per heavy atom. The highest BCUT2D eigenvalue weighted by Gasteiger charge is 2.28. The minimum absolute atomic E-state index is 0.0389. The first-order valence-electron chi connectivity index (χ1n) is 13.1. The van der Waals surface area contributed by atoms with Crippen molar-refractivity contribution < 1.29 is 14.2 Å². The number of likely N-dealkylation sites (tertiary alicyclic amines) is 1. The summed E-state index contributed by atoms with van der Waals surface area (Å²) in [4.78, 5) is 13.8. The third-order valence-electron chi connectivity index (χ3n) is 7.81. The number of piperazine rings is 1. The second kappa shape index (κ2) is 10.2. The third kappa shape index (κ3) is 4.51. The quantitative estimate of drug-likeness (QED) is 0.363. The lowest BCUT2D eigenvalue weighted by molar-refractivity contribution is 0.188. The number of benzene rings is 3. The molecule has 2 fully saturated rings. The molecular formula is C29H31ClFN5O2. The molecule has 4 aromatic rings. The Balaban J connectivity index is 1.53. The molecule has 0 unspecified atom stereocenters. The van der Waals surface area contributed by atoms with Crippen molar-refractivity contribution >= 4 is 39.1 Å². The van der Waals surface area contributed by atoms with Crippen molar-refractivity contribution in [3.05, 3.63) is 53.3 Å². The van der Waals surface area contributed by atoms with Crippen LogP contribution in [0.5, 0.6) is 11.8 Å². The standard InChI is InChI=1S/C29H31ClFN5O2/c1-17-15-32-9-11-36(17)28-23-14-24(30)25(22-13-20(37)12-18-6-3-4-8-21(18)22)26(31)27(23)33-29(34-28)38-16-19-7-5-10-35(19)2/h3-4,6,8,12-14,17,19,32,37H,5,7,9-11,15-16H2,1-2H3/t17-,19-/m0/s1. The molecule has 198 valence electrons. The number of hydrogen-bond donors (Lipinski definition) is 2. The molecule has 2 N–H and O–H groups in total. The van der Waals surface area contributed by atoms with Gasteiger partial charge in [-0.3, -0.25) is 0 Å². The van der Waals surface area contributed by atoms with Crippen LogP contribution in [0.1, 0.15) is 19.8 Å². The Morgan fingerprint density at radius 2 is 2.00 bits per heavy atom. The SMILES string of the molecule is C[C@H]1CNCCN1c1nc(OC[C@@H]2CCCN2C)nc2c(F)c(-c3cc(O)cc4ccccc34)c(Cl)cc12. The average Bonchev–Trinajstić information content (AvgIpc) is 3.32. The van der Waals surface area contributed by atoms with Crippen LogP contribution in [0.3, 0.4) is 0 Å². The van der Waals surface area contributed by atoms with Crippen molar-refractivity contribution in [2.45, 2.75) is 31.8 Å². The lowest BCUT2D eigenvalue weighted by atomic mass is 9.96. The molecule has 0 radical (unpaired) electrons. The van der Waals surface area contributed by atoms with Gasteiger partial charge in [-0.25, -0.2) is 4.39 Å². The van der Waals surface area contributed by atoms with E-state index in [-0.39, 0.29) is 39.9 Å². The number of ether oxygens (including phenoxy) is 1. The number of anilines is 1. The Hall–Kier alpha value is -3.20. The van der Waals surface area contributed by atoms with Gasteiger partial charge < -0.3 is 25.0 Å². The van der Waals surface area contributed by atoms with Crippen molar-refractivity contribution in [2.75, 3.05) is 44.7 Å². The maximum atomic E-state index is 16.6. The van der Waals surface area contributed by atoms with Crippen LogP contribution in [0, 0.1) is 5.82 Å². The highest BCUT2D eigenvalue weighted by molar-refractivity contribution is 6.35. The molecule has 6 rings (SSSR count). The minimum atomic E-state index is -0.558. The fourth-order valence-electron chi connectivity index (χ4n) is 5.71. The molecule has 0 amide bonds. The van der Waals surface area contributed by atoms with Crippen molar-refractivity contribution in [3.63, 3.8) is 0 Å². The van der Waals surface area contributed by atoms with E-state index in [4.69, 9.17) is 21.3 Å². The van der Waals surface area contributed by atoms with E-state index in [1.54, 1.807) is 18.2 Å². The molecule has 0 aliphatic carbocycles. The van der Waals surface area contributed by atoms with Gasteiger partial charge >= 0.3 is 6.01 Å². The fraction of sp³-hybridized carbons (Fsp3) is 0.379. The van der Waals surface area contributed by atoms with Crippen LogP contribution in [0.15, 0.2) is 42.5 Å². The summed E-state index contributed by atoms with van der Waals surface area (Å²) < 4.78 is 22.7. The highest BCUT2D eigenvalue weighted by atomic mass is 35.5. The molecule has 1 aromatic heterocycles. The van der Waals surface area contributed by atoms with Gasteiger partial charge in [0.2, 0.25) is 0 Å². The second-order valence-corrected chi connectivity index (χ2v) is 10.7. The van der Waals surface area contributed by atoms with Gasteiger partial charge in [-0.05, 0) is 67.9 Å². The third-order valence-corrected chi connectivity index (χ3v) is 8.11. The number of phenolic OH excluding ortho intramolecular Hbond substituents is 1. The normalized spacial score (nSPS) is 20.5. The number of hydrogen-bond acceptors (Lipinski definition) is 7. The predicted molar refractivity (Wildman–Crippen MR) is 150 cm³/mol. The van der Waals surface area contributed by atoms with Gasteiger partial charge in [0.1, 0.15) is 23.7 Å².